The highest BCUT2D eigenvalue weighted by Gasteiger charge is 2.14. The van der Waals surface area contributed by atoms with E-state index in [0.717, 1.165) is 11.6 Å². The Morgan fingerprint density at radius 1 is 1.23 bits per heavy atom. The summed E-state index contributed by atoms with van der Waals surface area (Å²) in [7, 11) is 1.32. The summed E-state index contributed by atoms with van der Waals surface area (Å²) in [5, 5.41) is 3.11. The molecule has 0 saturated heterocycles. The van der Waals surface area contributed by atoms with Crippen LogP contribution >= 0.6 is 0 Å². The lowest BCUT2D eigenvalue weighted by molar-refractivity contribution is 0.0600. The number of ether oxygens (including phenoxy) is 1. The summed E-state index contributed by atoms with van der Waals surface area (Å²) in [5.41, 5.74) is 1.57. The summed E-state index contributed by atoms with van der Waals surface area (Å²) >= 11 is 0. The van der Waals surface area contributed by atoms with Crippen molar-refractivity contribution < 1.29 is 18.3 Å². The second-order valence-corrected chi connectivity index (χ2v) is 4.94. The minimum Gasteiger partial charge on any atom is -0.465 e. The van der Waals surface area contributed by atoms with Gasteiger partial charge in [0.15, 0.2) is 11.6 Å². The molecule has 116 valence electrons. The van der Waals surface area contributed by atoms with Crippen LogP contribution < -0.4 is 5.32 Å². The number of esters is 1. The van der Waals surface area contributed by atoms with E-state index >= 15 is 0 Å². The van der Waals surface area contributed by atoms with E-state index in [-0.39, 0.29) is 11.6 Å². The highest BCUT2D eigenvalue weighted by atomic mass is 19.2. The summed E-state index contributed by atoms with van der Waals surface area (Å²) in [6, 6.07) is 10.7. The fourth-order valence-corrected chi connectivity index (χ4v) is 2.16. The maximum absolute atomic E-state index is 13.7. The molecule has 0 aliphatic heterocycles. The molecule has 0 amide bonds. The molecule has 2 aromatic carbocycles. The third kappa shape index (κ3) is 3.68. The predicted octanol–water partition coefficient (Wildman–Crippen LogP) is 3.60. The van der Waals surface area contributed by atoms with Gasteiger partial charge in [0.25, 0.3) is 0 Å². The molecule has 0 aliphatic rings. The van der Waals surface area contributed by atoms with Crippen LogP contribution in [0.5, 0.6) is 0 Å². The Hall–Kier alpha value is -2.27. The van der Waals surface area contributed by atoms with Gasteiger partial charge in [0, 0.05) is 18.2 Å². The van der Waals surface area contributed by atoms with Crippen LogP contribution in [-0.4, -0.2) is 13.1 Å². The zero-order valence-corrected chi connectivity index (χ0v) is 12.4. The Balaban J connectivity index is 2.06. The lowest BCUT2D eigenvalue weighted by atomic mass is 10.1. The normalized spacial score (nSPS) is 12.0. The smallest absolute Gasteiger partial charge is 0.337 e. The van der Waals surface area contributed by atoms with Gasteiger partial charge in [-0.25, -0.2) is 13.6 Å². The standard InChI is InChI=1S/C17H17F2NO2/c1-11(14-7-4-8-15(18)16(14)19)20-10-12-5-3-6-13(9-12)17(21)22-2/h3-9,11,20H,10H2,1-2H3. The Morgan fingerprint density at radius 2 is 1.95 bits per heavy atom. The van der Waals surface area contributed by atoms with E-state index < -0.39 is 17.6 Å². The quantitative estimate of drug-likeness (QED) is 0.858. The Labute approximate surface area is 127 Å². The predicted molar refractivity (Wildman–Crippen MR) is 79.4 cm³/mol. The molecule has 3 nitrogen and oxygen atoms in total. The molecule has 1 N–H and O–H groups in total. The topological polar surface area (TPSA) is 38.3 Å². The lowest BCUT2D eigenvalue weighted by Gasteiger charge is -2.15. The van der Waals surface area contributed by atoms with E-state index in [9.17, 15) is 13.6 Å². The van der Waals surface area contributed by atoms with Crippen molar-refractivity contribution in [2.75, 3.05) is 7.11 Å². The van der Waals surface area contributed by atoms with Crippen molar-refractivity contribution in [1.82, 2.24) is 5.32 Å². The molecule has 0 heterocycles. The molecule has 0 saturated carbocycles. The molecule has 0 bridgehead atoms. The van der Waals surface area contributed by atoms with Gasteiger partial charge in [0.2, 0.25) is 0 Å². The SMILES string of the molecule is COC(=O)c1cccc(CNC(C)c2cccc(F)c2F)c1. The first-order valence-corrected chi connectivity index (χ1v) is 6.87. The van der Waals surface area contributed by atoms with Crippen LogP contribution in [0, 0.1) is 11.6 Å². The van der Waals surface area contributed by atoms with Gasteiger partial charge in [-0.1, -0.05) is 24.3 Å². The summed E-state index contributed by atoms with van der Waals surface area (Å²) in [4.78, 5) is 11.5. The van der Waals surface area contributed by atoms with E-state index in [1.165, 1.54) is 13.2 Å². The van der Waals surface area contributed by atoms with Crippen molar-refractivity contribution in [3.05, 3.63) is 70.8 Å². The highest BCUT2D eigenvalue weighted by Crippen LogP contribution is 2.19. The number of benzene rings is 2. The molecule has 0 radical (unpaired) electrons. The zero-order valence-electron chi connectivity index (χ0n) is 12.4. The highest BCUT2D eigenvalue weighted by molar-refractivity contribution is 5.89. The van der Waals surface area contributed by atoms with E-state index in [0.29, 0.717) is 12.1 Å². The second kappa shape index (κ2) is 7.13. The number of rotatable bonds is 5. The summed E-state index contributed by atoms with van der Waals surface area (Å²) in [5.74, 6) is -2.12. The Bertz CT molecular complexity index is 673. The van der Waals surface area contributed by atoms with Gasteiger partial charge in [0.1, 0.15) is 0 Å². The molecular weight excluding hydrogens is 288 g/mol. The van der Waals surface area contributed by atoms with Gasteiger partial charge < -0.3 is 10.1 Å². The average Bonchev–Trinajstić information content (AvgIpc) is 2.54. The van der Waals surface area contributed by atoms with Crippen molar-refractivity contribution in [2.24, 2.45) is 0 Å². The molecule has 0 aliphatic carbocycles. The number of hydrogen-bond acceptors (Lipinski definition) is 3. The van der Waals surface area contributed by atoms with Crippen LogP contribution in [0.25, 0.3) is 0 Å². The van der Waals surface area contributed by atoms with Gasteiger partial charge in [0.05, 0.1) is 12.7 Å². The molecule has 0 fully saturated rings. The van der Waals surface area contributed by atoms with E-state index in [4.69, 9.17) is 0 Å². The molecule has 5 heteroatoms. The third-order valence-electron chi connectivity index (χ3n) is 3.41. The van der Waals surface area contributed by atoms with Crippen molar-refractivity contribution in [3.8, 4) is 0 Å². The zero-order chi connectivity index (χ0) is 16.1. The maximum Gasteiger partial charge on any atom is 0.337 e. The minimum atomic E-state index is -0.862. The maximum atomic E-state index is 13.7. The van der Waals surface area contributed by atoms with Crippen LogP contribution in [-0.2, 0) is 11.3 Å². The first kappa shape index (κ1) is 16.1. The van der Waals surface area contributed by atoms with E-state index in [1.807, 2.05) is 6.07 Å². The lowest BCUT2D eigenvalue weighted by Crippen LogP contribution is -2.19. The van der Waals surface area contributed by atoms with Crippen molar-refractivity contribution in [2.45, 2.75) is 19.5 Å². The number of carbonyl (C=O) groups excluding carboxylic acids is 1. The molecule has 0 aromatic heterocycles. The van der Waals surface area contributed by atoms with Crippen LogP contribution in [0.15, 0.2) is 42.5 Å². The van der Waals surface area contributed by atoms with Crippen LogP contribution in [0.2, 0.25) is 0 Å². The largest absolute Gasteiger partial charge is 0.465 e. The Morgan fingerprint density at radius 3 is 2.68 bits per heavy atom. The molecule has 0 spiro atoms. The number of hydrogen-bond donors (Lipinski definition) is 1. The fourth-order valence-electron chi connectivity index (χ4n) is 2.16. The number of nitrogens with one attached hydrogen (secondary N) is 1. The van der Waals surface area contributed by atoms with Gasteiger partial charge in [-0.2, -0.15) is 0 Å². The summed E-state index contributed by atoms with van der Waals surface area (Å²) in [6.07, 6.45) is 0. The van der Waals surface area contributed by atoms with Crippen molar-refractivity contribution in [1.29, 1.82) is 0 Å². The molecule has 1 unspecified atom stereocenters. The Kier molecular flexibility index (Phi) is 5.22. The van der Waals surface area contributed by atoms with Gasteiger partial charge in [-0.3, -0.25) is 0 Å². The average molecular weight is 305 g/mol. The molecule has 2 rings (SSSR count). The third-order valence-corrected chi connectivity index (χ3v) is 3.41. The van der Waals surface area contributed by atoms with Crippen LogP contribution in [0.1, 0.15) is 34.5 Å². The molecule has 22 heavy (non-hydrogen) atoms. The number of methoxy groups -OCH3 is 1. The monoisotopic (exact) mass is 305 g/mol. The van der Waals surface area contributed by atoms with Crippen LogP contribution in [0.3, 0.4) is 0 Å². The van der Waals surface area contributed by atoms with Gasteiger partial charge >= 0.3 is 5.97 Å². The number of halogens is 2. The second-order valence-electron chi connectivity index (χ2n) is 4.94. The minimum absolute atomic E-state index is 0.268. The summed E-state index contributed by atoms with van der Waals surface area (Å²) < 4.78 is 31.6. The first-order valence-electron chi connectivity index (χ1n) is 6.87. The molecule has 2 aromatic rings. The van der Waals surface area contributed by atoms with Gasteiger partial charge in [-0.05, 0) is 30.7 Å². The van der Waals surface area contributed by atoms with Crippen molar-refractivity contribution in [3.63, 3.8) is 0 Å². The molecular formula is C17H17F2NO2. The first-order chi connectivity index (χ1) is 10.5. The van der Waals surface area contributed by atoms with Crippen molar-refractivity contribution >= 4 is 5.97 Å². The summed E-state index contributed by atoms with van der Waals surface area (Å²) in [6.45, 7) is 2.17. The fraction of sp³-hybridized carbons (Fsp3) is 0.235. The van der Waals surface area contributed by atoms with Gasteiger partial charge in [-0.15, -0.1) is 0 Å². The van der Waals surface area contributed by atoms with E-state index in [1.54, 1.807) is 31.2 Å². The van der Waals surface area contributed by atoms with E-state index in [2.05, 4.69) is 10.1 Å². The van der Waals surface area contributed by atoms with Crippen LogP contribution in [0.4, 0.5) is 8.78 Å². The molecule has 1 atom stereocenters. The number of carbonyl (C=O) groups is 1.